The zero-order valence-corrected chi connectivity index (χ0v) is 14.4. The first kappa shape index (κ1) is 16.1. The van der Waals surface area contributed by atoms with Crippen molar-refractivity contribution in [1.82, 2.24) is 15.0 Å². The average molecular weight is 339 g/mol. The molecule has 4 rings (SSSR count). The standard InChI is InChI=1S/C19H21N3O3/c1-13(23-2)19-20-18(25-21-19)12-22-9-8-15-10-16(24-17(15)11-22)14-6-4-3-5-7-14/h3-7,10,13H,8-9,11-12H2,1-2H3. The van der Waals surface area contributed by atoms with Crippen LogP contribution in [-0.2, 0) is 24.2 Å². The van der Waals surface area contributed by atoms with Crippen LogP contribution in [0.3, 0.4) is 0 Å². The number of benzene rings is 1. The van der Waals surface area contributed by atoms with E-state index < -0.39 is 0 Å². The summed E-state index contributed by atoms with van der Waals surface area (Å²) in [5.74, 6) is 3.15. The van der Waals surface area contributed by atoms with Gasteiger partial charge in [0.1, 0.15) is 17.6 Å². The molecule has 25 heavy (non-hydrogen) atoms. The summed E-state index contributed by atoms with van der Waals surface area (Å²) in [4.78, 5) is 6.67. The molecule has 1 aliphatic heterocycles. The van der Waals surface area contributed by atoms with E-state index in [2.05, 4.69) is 33.2 Å². The van der Waals surface area contributed by atoms with Crippen molar-refractivity contribution in [3.63, 3.8) is 0 Å². The van der Waals surface area contributed by atoms with Gasteiger partial charge in [0.05, 0.1) is 13.1 Å². The van der Waals surface area contributed by atoms with Gasteiger partial charge in [-0.2, -0.15) is 4.98 Å². The Labute approximate surface area is 146 Å². The van der Waals surface area contributed by atoms with Gasteiger partial charge >= 0.3 is 0 Å². The van der Waals surface area contributed by atoms with Gasteiger partial charge in [0.2, 0.25) is 5.89 Å². The SMILES string of the molecule is COC(C)c1noc(CN2CCc3cc(-c4ccccc4)oc3C2)n1. The van der Waals surface area contributed by atoms with Crippen molar-refractivity contribution in [3.05, 3.63) is 59.4 Å². The minimum absolute atomic E-state index is 0.163. The van der Waals surface area contributed by atoms with E-state index in [4.69, 9.17) is 13.7 Å². The zero-order valence-electron chi connectivity index (χ0n) is 14.4. The molecule has 1 atom stereocenters. The molecule has 0 N–H and O–H groups in total. The second-order valence-electron chi connectivity index (χ2n) is 6.31. The lowest BCUT2D eigenvalue weighted by molar-refractivity contribution is 0.109. The maximum Gasteiger partial charge on any atom is 0.240 e. The van der Waals surface area contributed by atoms with Crippen LogP contribution in [0.2, 0.25) is 0 Å². The van der Waals surface area contributed by atoms with Crippen LogP contribution in [0.5, 0.6) is 0 Å². The Morgan fingerprint density at radius 2 is 2.12 bits per heavy atom. The van der Waals surface area contributed by atoms with Crippen LogP contribution in [0, 0.1) is 0 Å². The molecule has 130 valence electrons. The minimum atomic E-state index is -0.163. The van der Waals surface area contributed by atoms with E-state index in [0.29, 0.717) is 18.3 Å². The van der Waals surface area contributed by atoms with Crippen LogP contribution in [-0.4, -0.2) is 28.7 Å². The van der Waals surface area contributed by atoms with Gasteiger partial charge in [-0.25, -0.2) is 0 Å². The van der Waals surface area contributed by atoms with Gasteiger partial charge in [-0.05, 0) is 25.0 Å². The number of hydrogen-bond acceptors (Lipinski definition) is 6. The Morgan fingerprint density at radius 1 is 1.28 bits per heavy atom. The fraction of sp³-hybridized carbons (Fsp3) is 0.368. The molecule has 0 saturated carbocycles. The predicted molar refractivity (Wildman–Crippen MR) is 91.7 cm³/mol. The molecule has 0 aliphatic carbocycles. The van der Waals surface area contributed by atoms with Crippen molar-refractivity contribution >= 4 is 0 Å². The van der Waals surface area contributed by atoms with Crippen LogP contribution >= 0.6 is 0 Å². The number of aromatic nitrogens is 2. The Bertz CT molecular complexity index is 841. The number of rotatable bonds is 5. The van der Waals surface area contributed by atoms with Gasteiger partial charge < -0.3 is 13.7 Å². The number of methoxy groups -OCH3 is 1. The molecule has 0 radical (unpaired) electrons. The quantitative estimate of drug-likeness (QED) is 0.708. The lowest BCUT2D eigenvalue weighted by Crippen LogP contribution is -2.29. The summed E-state index contributed by atoms with van der Waals surface area (Å²) >= 11 is 0. The summed E-state index contributed by atoms with van der Waals surface area (Å²) in [6, 6.07) is 12.4. The first-order valence-electron chi connectivity index (χ1n) is 8.47. The van der Waals surface area contributed by atoms with Crippen LogP contribution in [0.1, 0.15) is 36.1 Å². The fourth-order valence-electron chi connectivity index (χ4n) is 3.05. The third-order valence-corrected chi connectivity index (χ3v) is 4.58. The van der Waals surface area contributed by atoms with E-state index in [0.717, 1.165) is 36.6 Å². The monoisotopic (exact) mass is 339 g/mol. The molecule has 1 aromatic carbocycles. The largest absolute Gasteiger partial charge is 0.459 e. The van der Waals surface area contributed by atoms with Crippen molar-refractivity contribution in [3.8, 4) is 11.3 Å². The molecule has 0 bridgehead atoms. The average Bonchev–Trinajstić information content (AvgIpc) is 3.28. The highest BCUT2D eigenvalue weighted by Gasteiger charge is 2.23. The normalized spacial score (nSPS) is 15.9. The number of furan rings is 1. The number of nitrogens with zero attached hydrogens (tertiary/aromatic N) is 3. The number of fused-ring (bicyclic) bond motifs is 1. The van der Waals surface area contributed by atoms with Crippen molar-refractivity contribution in [2.75, 3.05) is 13.7 Å². The highest BCUT2D eigenvalue weighted by Crippen LogP contribution is 2.29. The Hall–Kier alpha value is -2.44. The Balaban J connectivity index is 1.46. The van der Waals surface area contributed by atoms with Crippen LogP contribution in [0.25, 0.3) is 11.3 Å². The molecule has 0 fully saturated rings. The maximum absolute atomic E-state index is 6.09. The lowest BCUT2D eigenvalue weighted by atomic mass is 10.1. The number of ether oxygens (including phenoxy) is 1. The van der Waals surface area contributed by atoms with Crippen LogP contribution in [0.15, 0.2) is 45.3 Å². The highest BCUT2D eigenvalue weighted by molar-refractivity contribution is 5.58. The topological polar surface area (TPSA) is 64.5 Å². The molecule has 6 nitrogen and oxygen atoms in total. The third-order valence-electron chi connectivity index (χ3n) is 4.58. The van der Waals surface area contributed by atoms with Gasteiger partial charge in [0.25, 0.3) is 0 Å². The van der Waals surface area contributed by atoms with Crippen molar-refractivity contribution in [1.29, 1.82) is 0 Å². The smallest absolute Gasteiger partial charge is 0.240 e. The number of hydrogen-bond donors (Lipinski definition) is 0. The van der Waals surface area contributed by atoms with E-state index in [9.17, 15) is 0 Å². The summed E-state index contributed by atoms with van der Waals surface area (Å²) in [5.41, 5.74) is 2.40. The molecular formula is C19H21N3O3. The van der Waals surface area contributed by atoms with Gasteiger partial charge in [0, 0.05) is 19.2 Å². The molecule has 3 heterocycles. The molecule has 0 spiro atoms. The fourth-order valence-corrected chi connectivity index (χ4v) is 3.05. The molecule has 2 aromatic heterocycles. The van der Waals surface area contributed by atoms with E-state index >= 15 is 0 Å². The van der Waals surface area contributed by atoms with Crippen molar-refractivity contribution < 1.29 is 13.7 Å². The van der Waals surface area contributed by atoms with Gasteiger partial charge in [-0.1, -0.05) is 35.5 Å². The molecule has 1 aliphatic rings. The second-order valence-corrected chi connectivity index (χ2v) is 6.31. The molecule has 0 amide bonds. The van der Waals surface area contributed by atoms with Crippen LogP contribution in [0.4, 0.5) is 0 Å². The zero-order chi connectivity index (χ0) is 17.2. The molecule has 1 unspecified atom stereocenters. The summed E-state index contributed by atoms with van der Waals surface area (Å²) in [5, 5.41) is 3.98. The first-order valence-corrected chi connectivity index (χ1v) is 8.47. The van der Waals surface area contributed by atoms with Crippen molar-refractivity contribution in [2.45, 2.75) is 32.5 Å². The van der Waals surface area contributed by atoms with E-state index in [1.165, 1.54) is 5.56 Å². The second kappa shape index (κ2) is 6.82. The summed E-state index contributed by atoms with van der Waals surface area (Å²) in [6.07, 6.45) is 0.796. The summed E-state index contributed by atoms with van der Waals surface area (Å²) in [7, 11) is 1.63. The lowest BCUT2D eigenvalue weighted by Gasteiger charge is -2.23. The van der Waals surface area contributed by atoms with E-state index in [1.807, 2.05) is 25.1 Å². The minimum Gasteiger partial charge on any atom is -0.459 e. The Morgan fingerprint density at radius 3 is 2.92 bits per heavy atom. The molecule has 6 heteroatoms. The van der Waals surface area contributed by atoms with E-state index in [1.54, 1.807) is 7.11 Å². The molecule has 0 saturated heterocycles. The van der Waals surface area contributed by atoms with E-state index in [-0.39, 0.29) is 6.10 Å². The molecular weight excluding hydrogens is 318 g/mol. The van der Waals surface area contributed by atoms with Crippen molar-refractivity contribution in [2.24, 2.45) is 0 Å². The van der Waals surface area contributed by atoms with Crippen LogP contribution < -0.4 is 0 Å². The van der Waals surface area contributed by atoms with Gasteiger partial charge in [-0.3, -0.25) is 4.90 Å². The maximum atomic E-state index is 6.09. The predicted octanol–water partition coefficient (Wildman–Crippen LogP) is 3.60. The Kier molecular flexibility index (Phi) is 4.38. The first-order chi connectivity index (χ1) is 12.2. The third kappa shape index (κ3) is 3.36. The summed E-state index contributed by atoms with van der Waals surface area (Å²) < 4.78 is 16.6. The summed E-state index contributed by atoms with van der Waals surface area (Å²) in [6.45, 7) is 4.21. The molecule has 3 aromatic rings. The highest BCUT2D eigenvalue weighted by atomic mass is 16.5. The van der Waals surface area contributed by atoms with Gasteiger partial charge in [-0.15, -0.1) is 0 Å². The van der Waals surface area contributed by atoms with Gasteiger partial charge in [0.15, 0.2) is 5.82 Å².